The van der Waals surface area contributed by atoms with Gasteiger partial charge in [0.1, 0.15) is 10.8 Å². The van der Waals surface area contributed by atoms with Crippen LogP contribution < -0.4 is 11.1 Å². The van der Waals surface area contributed by atoms with Crippen LogP contribution in [0.15, 0.2) is 12.4 Å². The summed E-state index contributed by atoms with van der Waals surface area (Å²) in [7, 11) is 0. The van der Waals surface area contributed by atoms with Gasteiger partial charge in [-0.2, -0.15) is 4.37 Å². The monoisotopic (exact) mass is 209 g/mol. The second-order valence-electron chi connectivity index (χ2n) is 2.94. The number of nitrogens with two attached hydrogens (primary N) is 1. The highest BCUT2D eigenvalue weighted by molar-refractivity contribution is 7.10. The number of imidazole rings is 1. The molecule has 0 radical (unpaired) electrons. The molecule has 0 amide bonds. The summed E-state index contributed by atoms with van der Waals surface area (Å²) in [4.78, 5) is 7.19. The minimum Gasteiger partial charge on any atom is -0.383 e. The molecule has 0 unspecified atom stereocenters. The van der Waals surface area contributed by atoms with Crippen LogP contribution >= 0.6 is 11.5 Å². The van der Waals surface area contributed by atoms with Crippen molar-refractivity contribution in [2.45, 2.75) is 13.5 Å². The number of anilines is 2. The van der Waals surface area contributed by atoms with Gasteiger partial charge in [-0.15, -0.1) is 0 Å². The van der Waals surface area contributed by atoms with Crippen LogP contribution in [0.4, 0.5) is 10.8 Å². The van der Waals surface area contributed by atoms with Crippen LogP contribution in [-0.4, -0.2) is 14.3 Å². The first-order chi connectivity index (χ1) is 6.75. The maximum atomic E-state index is 5.49. The highest BCUT2D eigenvalue weighted by Gasteiger charge is 2.02. The minimum atomic E-state index is 0.552. The van der Waals surface area contributed by atoms with Crippen molar-refractivity contribution in [3.63, 3.8) is 0 Å². The molecular weight excluding hydrogens is 198 g/mol. The molecule has 14 heavy (non-hydrogen) atoms. The molecule has 0 aromatic carbocycles. The summed E-state index contributed by atoms with van der Waals surface area (Å²) in [6, 6.07) is 1.81. The number of nitrogens with one attached hydrogen (secondary N) is 2. The molecule has 0 fully saturated rings. The molecule has 0 aliphatic rings. The fourth-order valence-electron chi connectivity index (χ4n) is 1.11. The average molecular weight is 209 g/mol. The third-order valence-electron chi connectivity index (χ3n) is 1.89. The smallest absolute Gasteiger partial charge is 0.139 e. The Morgan fingerprint density at radius 1 is 1.64 bits per heavy atom. The van der Waals surface area contributed by atoms with E-state index in [2.05, 4.69) is 19.7 Å². The van der Waals surface area contributed by atoms with Crippen LogP contribution in [0.5, 0.6) is 0 Å². The molecule has 2 aromatic heterocycles. The van der Waals surface area contributed by atoms with Crippen LogP contribution in [0.3, 0.4) is 0 Å². The molecule has 6 heteroatoms. The summed E-state index contributed by atoms with van der Waals surface area (Å²) in [6.07, 6.45) is 1.69. The number of aryl methyl sites for hydroxylation is 1. The van der Waals surface area contributed by atoms with Crippen molar-refractivity contribution in [1.29, 1.82) is 0 Å². The second-order valence-corrected chi connectivity index (χ2v) is 3.75. The van der Waals surface area contributed by atoms with Gasteiger partial charge in [-0.1, -0.05) is 0 Å². The zero-order valence-electron chi connectivity index (χ0n) is 7.74. The number of H-pyrrole nitrogens is 1. The first-order valence-electron chi connectivity index (χ1n) is 4.20. The summed E-state index contributed by atoms with van der Waals surface area (Å²) in [5.41, 5.74) is 7.58. The summed E-state index contributed by atoms with van der Waals surface area (Å²) >= 11 is 1.35. The molecule has 74 valence electrons. The Morgan fingerprint density at radius 2 is 2.50 bits per heavy atom. The van der Waals surface area contributed by atoms with Crippen molar-refractivity contribution in [3.8, 4) is 0 Å². The van der Waals surface area contributed by atoms with Crippen molar-refractivity contribution in [2.75, 3.05) is 11.1 Å². The van der Waals surface area contributed by atoms with Gasteiger partial charge in [0.25, 0.3) is 0 Å². The Hall–Kier alpha value is -1.56. The van der Waals surface area contributed by atoms with Crippen molar-refractivity contribution in [1.82, 2.24) is 14.3 Å². The van der Waals surface area contributed by atoms with E-state index in [1.807, 2.05) is 13.0 Å². The van der Waals surface area contributed by atoms with E-state index in [9.17, 15) is 0 Å². The Bertz CT molecular complexity index is 419. The summed E-state index contributed by atoms with van der Waals surface area (Å²) in [5.74, 6) is 0.552. The van der Waals surface area contributed by atoms with E-state index in [1.165, 1.54) is 11.5 Å². The van der Waals surface area contributed by atoms with Gasteiger partial charge >= 0.3 is 0 Å². The number of aromatic nitrogens is 3. The van der Waals surface area contributed by atoms with Crippen molar-refractivity contribution >= 4 is 22.4 Å². The molecule has 0 atom stereocenters. The Balaban J connectivity index is 1.98. The Kier molecular flexibility index (Phi) is 2.36. The molecule has 0 spiro atoms. The van der Waals surface area contributed by atoms with Crippen molar-refractivity contribution in [3.05, 3.63) is 23.8 Å². The van der Waals surface area contributed by atoms with Gasteiger partial charge in [-0.25, -0.2) is 4.98 Å². The zero-order valence-corrected chi connectivity index (χ0v) is 8.56. The molecule has 0 saturated heterocycles. The highest BCUT2D eigenvalue weighted by atomic mass is 32.1. The fraction of sp³-hybridized carbons (Fsp3) is 0.250. The number of nitrogens with zero attached hydrogens (tertiary/aromatic N) is 2. The largest absolute Gasteiger partial charge is 0.383 e. The van der Waals surface area contributed by atoms with Crippen LogP contribution in [0.25, 0.3) is 0 Å². The molecule has 2 heterocycles. The number of hydrogen-bond acceptors (Lipinski definition) is 5. The molecule has 2 aromatic rings. The van der Waals surface area contributed by atoms with E-state index >= 15 is 0 Å². The molecule has 0 bridgehead atoms. The maximum Gasteiger partial charge on any atom is 0.139 e. The van der Waals surface area contributed by atoms with Crippen LogP contribution in [0, 0.1) is 6.92 Å². The van der Waals surface area contributed by atoms with Gasteiger partial charge in [0, 0.05) is 11.8 Å². The lowest BCUT2D eigenvalue weighted by atomic mass is 10.3. The summed E-state index contributed by atoms with van der Waals surface area (Å²) in [6.45, 7) is 2.68. The van der Waals surface area contributed by atoms with Crippen molar-refractivity contribution in [2.24, 2.45) is 0 Å². The SMILES string of the molecule is Cc1[nH]cnc1CNc1cc(N)ns1. The van der Waals surface area contributed by atoms with Gasteiger partial charge in [-0.05, 0) is 18.5 Å². The molecule has 4 N–H and O–H groups in total. The van der Waals surface area contributed by atoms with Crippen molar-refractivity contribution < 1.29 is 0 Å². The lowest BCUT2D eigenvalue weighted by molar-refractivity contribution is 1.06. The van der Waals surface area contributed by atoms with Crippen LogP contribution in [-0.2, 0) is 6.54 Å². The number of nitrogen functional groups attached to an aromatic ring is 1. The average Bonchev–Trinajstić information content (AvgIpc) is 2.72. The Labute approximate surface area is 85.5 Å². The lowest BCUT2D eigenvalue weighted by Gasteiger charge is -1.99. The predicted octanol–water partition coefficient (Wildman–Crippen LogP) is 1.37. The maximum absolute atomic E-state index is 5.49. The fourth-order valence-corrected chi connectivity index (χ4v) is 1.68. The standard InChI is InChI=1S/C8H11N5S/c1-5-6(12-4-11-5)3-10-8-2-7(9)13-14-8/h2,4,10H,3H2,1H3,(H2,9,13)(H,11,12). The number of aromatic amines is 1. The van der Waals surface area contributed by atoms with Crippen LogP contribution in [0.2, 0.25) is 0 Å². The molecule has 0 aliphatic heterocycles. The van der Waals surface area contributed by atoms with E-state index in [-0.39, 0.29) is 0 Å². The predicted molar refractivity (Wildman–Crippen MR) is 57.2 cm³/mol. The van der Waals surface area contributed by atoms with Gasteiger partial charge in [0.05, 0.1) is 18.6 Å². The summed E-state index contributed by atoms with van der Waals surface area (Å²) in [5, 5.41) is 4.17. The first kappa shape index (κ1) is 9.01. The molecular formula is C8H11N5S. The molecule has 5 nitrogen and oxygen atoms in total. The van der Waals surface area contributed by atoms with E-state index < -0.39 is 0 Å². The van der Waals surface area contributed by atoms with E-state index in [0.717, 1.165) is 16.4 Å². The topological polar surface area (TPSA) is 79.6 Å². The van der Waals surface area contributed by atoms with Gasteiger partial charge in [0.15, 0.2) is 0 Å². The van der Waals surface area contributed by atoms with Gasteiger partial charge < -0.3 is 16.0 Å². The Morgan fingerprint density at radius 3 is 3.07 bits per heavy atom. The first-order valence-corrected chi connectivity index (χ1v) is 4.98. The third kappa shape index (κ3) is 1.85. The quantitative estimate of drug-likeness (QED) is 0.713. The lowest BCUT2D eigenvalue weighted by Crippen LogP contribution is -1.99. The molecule has 0 saturated carbocycles. The minimum absolute atomic E-state index is 0.552. The zero-order chi connectivity index (χ0) is 9.97. The molecule has 0 aliphatic carbocycles. The van der Waals surface area contributed by atoms with E-state index in [1.54, 1.807) is 6.33 Å². The number of hydrogen-bond donors (Lipinski definition) is 3. The normalized spacial score (nSPS) is 10.4. The highest BCUT2D eigenvalue weighted by Crippen LogP contribution is 2.18. The van der Waals surface area contributed by atoms with Gasteiger partial charge in [-0.3, -0.25) is 0 Å². The van der Waals surface area contributed by atoms with E-state index in [0.29, 0.717) is 12.4 Å². The van der Waals surface area contributed by atoms with Crippen LogP contribution in [0.1, 0.15) is 11.4 Å². The third-order valence-corrected chi connectivity index (χ3v) is 2.65. The summed E-state index contributed by atoms with van der Waals surface area (Å²) < 4.78 is 3.97. The number of rotatable bonds is 3. The molecule has 2 rings (SSSR count). The second kappa shape index (κ2) is 3.67. The van der Waals surface area contributed by atoms with Gasteiger partial charge in [0.2, 0.25) is 0 Å². The van der Waals surface area contributed by atoms with E-state index in [4.69, 9.17) is 5.73 Å².